The summed E-state index contributed by atoms with van der Waals surface area (Å²) in [7, 11) is 0. The first-order valence-corrected chi connectivity index (χ1v) is 8.55. The summed E-state index contributed by atoms with van der Waals surface area (Å²) < 4.78 is 0. The van der Waals surface area contributed by atoms with Crippen LogP contribution in [0.25, 0.3) is 11.4 Å². The fourth-order valence-corrected chi connectivity index (χ4v) is 3.07. The lowest BCUT2D eigenvalue weighted by molar-refractivity contribution is -0.121. The van der Waals surface area contributed by atoms with Gasteiger partial charge < -0.3 is 15.6 Å². The Morgan fingerprint density at radius 1 is 1.36 bits per heavy atom. The van der Waals surface area contributed by atoms with E-state index in [1.165, 1.54) is 0 Å². The number of hydrogen-bond acceptors (Lipinski definition) is 5. The third-order valence-corrected chi connectivity index (χ3v) is 4.69. The van der Waals surface area contributed by atoms with Crippen molar-refractivity contribution in [3.05, 3.63) is 46.1 Å². The molecule has 0 bridgehead atoms. The number of carbonyl (C=O) groups excluding carboxylic acids is 1. The molecule has 7 nitrogen and oxygen atoms in total. The first-order chi connectivity index (χ1) is 12.0. The molecule has 132 valence electrons. The van der Waals surface area contributed by atoms with Gasteiger partial charge in [-0.15, -0.1) is 0 Å². The molecule has 2 aromatic heterocycles. The quantitative estimate of drug-likeness (QED) is 0.764. The molecule has 1 amide bonds. The Bertz CT molecular complexity index is 803. The van der Waals surface area contributed by atoms with Crippen molar-refractivity contribution < 1.29 is 4.79 Å². The zero-order valence-corrected chi connectivity index (χ0v) is 14.5. The number of carbonyl (C=O) groups is 1. The minimum atomic E-state index is -0.274. The number of amides is 1. The van der Waals surface area contributed by atoms with Crippen molar-refractivity contribution in [2.24, 2.45) is 5.92 Å². The van der Waals surface area contributed by atoms with Crippen LogP contribution in [0.3, 0.4) is 0 Å². The monoisotopic (exact) mass is 341 g/mol. The predicted molar refractivity (Wildman–Crippen MR) is 95.1 cm³/mol. The molecule has 0 spiro atoms. The predicted octanol–water partition coefficient (Wildman–Crippen LogP) is 0.797. The molecular weight excluding hydrogens is 318 g/mol. The fraction of sp³-hybridized carbons (Fsp3) is 0.444. The second-order valence-corrected chi connectivity index (χ2v) is 6.54. The average molecular weight is 341 g/mol. The van der Waals surface area contributed by atoms with Gasteiger partial charge in [-0.05, 0) is 37.9 Å². The van der Waals surface area contributed by atoms with Gasteiger partial charge in [-0.25, -0.2) is 4.98 Å². The van der Waals surface area contributed by atoms with E-state index in [1.54, 1.807) is 31.5 Å². The summed E-state index contributed by atoms with van der Waals surface area (Å²) in [6.45, 7) is 5.64. The number of nitrogens with one attached hydrogen (secondary N) is 3. The highest BCUT2D eigenvalue weighted by Crippen LogP contribution is 2.14. The minimum absolute atomic E-state index is 0.0357. The minimum Gasteiger partial charge on any atom is -0.352 e. The standard InChI is InChI=1S/C18H23N5O2/c1-11-3-6-20-10-15(11)22-16(24)9-14-12(2)21-17(23-18(14)25)13-4-7-19-8-5-13/h4-5,7-8,11,15,20H,3,6,9-10H2,1-2H3,(H,22,24)(H,21,23,25). The molecule has 3 heterocycles. The highest BCUT2D eigenvalue weighted by atomic mass is 16.2. The van der Waals surface area contributed by atoms with Crippen molar-refractivity contribution in [3.63, 3.8) is 0 Å². The van der Waals surface area contributed by atoms with Crippen molar-refractivity contribution in [2.45, 2.75) is 32.7 Å². The van der Waals surface area contributed by atoms with Crippen molar-refractivity contribution >= 4 is 5.91 Å². The normalized spacial score (nSPS) is 20.2. The van der Waals surface area contributed by atoms with Crippen LogP contribution < -0.4 is 16.2 Å². The second kappa shape index (κ2) is 7.57. The maximum Gasteiger partial charge on any atom is 0.255 e. The topological polar surface area (TPSA) is 99.8 Å². The van der Waals surface area contributed by atoms with Gasteiger partial charge in [0, 0.05) is 41.8 Å². The van der Waals surface area contributed by atoms with E-state index in [0.717, 1.165) is 25.1 Å². The van der Waals surface area contributed by atoms with Gasteiger partial charge in [-0.1, -0.05) is 6.92 Å². The Morgan fingerprint density at radius 3 is 2.80 bits per heavy atom. The number of piperidine rings is 1. The Balaban J connectivity index is 1.74. The first-order valence-electron chi connectivity index (χ1n) is 8.55. The third-order valence-electron chi connectivity index (χ3n) is 4.69. The summed E-state index contributed by atoms with van der Waals surface area (Å²) in [6.07, 6.45) is 4.36. The zero-order valence-electron chi connectivity index (χ0n) is 14.5. The summed E-state index contributed by atoms with van der Waals surface area (Å²) in [6, 6.07) is 3.66. The highest BCUT2D eigenvalue weighted by Gasteiger charge is 2.23. The Labute approximate surface area is 146 Å². The lowest BCUT2D eigenvalue weighted by Crippen LogP contribution is -2.50. The fourth-order valence-electron chi connectivity index (χ4n) is 3.07. The van der Waals surface area contributed by atoms with Crippen LogP contribution in [0.15, 0.2) is 29.3 Å². The van der Waals surface area contributed by atoms with E-state index in [4.69, 9.17) is 0 Å². The number of nitrogens with zero attached hydrogens (tertiary/aromatic N) is 2. The summed E-state index contributed by atoms with van der Waals surface area (Å²) in [5.74, 6) is 0.767. The molecule has 0 aliphatic carbocycles. The Hall–Kier alpha value is -2.54. The van der Waals surface area contributed by atoms with Crippen LogP contribution in [0, 0.1) is 12.8 Å². The number of rotatable bonds is 4. The van der Waals surface area contributed by atoms with E-state index in [0.29, 0.717) is 23.0 Å². The second-order valence-electron chi connectivity index (χ2n) is 6.54. The first kappa shape index (κ1) is 17.3. The van der Waals surface area contributed by atoms with Gasteiger partial charge in [-0.3, -0.25) is 14.6 Å². The molecule has 1 aliphatic heterocycles. The van der Waals surface area contributed by atoms with Crippen LogP contribution in [0.5, 0.6) is 0 Å². The molecule has 7 heteroatoms. The largest absolute Gasteiger partial charge is 0.352 e. The van der Waals surface area contributed by atoms with Crippen molar-refractivity contribution in [3.8, 4) is 11.4 Å². The SMILES string of the molecule is Cc1nc(-c2ccncc2)[nH]c(=O)c1CC(=O)NC1CNCCC1C. The highest BCUT2D eigenvalue weighted by molar-refractivity contribution is 5.79. The molecule has 3 N–H and O–H groups in total. The molecule has 25 heavy (non-hydrogen) atoms. The van der Waals surface area contributed by atoms with E-state index in [2.05, 4.69) is 32.5 Å². The Morgan fingerprint density at radius 2 is 2.12 bits per heavy atom. The number of aromatic nitrogens is 3. The lowest BCUT2D eigenvalue weighted by Gasteiger charge is -2.30. The van der Waals surface area contributed by atoms with Gasteiger partial charge in [0.2, 0.25) is 5.91 Å². The Kier molecular flexibility index (Phi) is 5.23. The summed E-state index contributed by atoms with van der Waals surface area (Å²) in [5, 5.41) is 6.31. The summed E-state index contributed by atoms with van der Waals surface area (Å²) in [4.78, 5) is 35.9. The van der Waals surface area contributed by atoms with E-state index >= 15 is 0 Å². The van der Waals surface area contributed by atoms with Crippen LogP contribution in [0.1, 0.15) is 24.6 Å². The number of aryl methyl sites for hydroxylation is 1. The molecule has 0 saturated carbocycles. The molecule has 3 rings (SSSR count). The average Bonchev–Trinajstić information content (AvgIpc) is 2.61. The molecule has 2 aromatic rings. The number of H-pyrrole nitrogens is 1. The van der Waals surface area contributed by atoms with Crippen LogP contribution in [0.4, 0.5) is 0 Å². The van der Waals surface area contributed by atoms with E-state index < -0.39 is 0 Å². The smallest absolute Gasteiger partial charge is 0.255 e. The van der Waals surface area contributed by atoms with Crippen LogP contribution in [0.2, 0.25) is 0 Å². The van der Waals surface area contributed by atoms with E-state index in [9.17, 15) is 9.59 Å². The number of hydrogen-bond donors (Lipinski definition) is 3. The zero-order chi connectivity index (χ0) is 17.8. The molecule has 1 fully saturated rings. The van der Waals surface area contributed by atoms with Gasteiger partial charge in [0.25, 0.3) is 5.56 Å². The van der Waals surface area contributed by atoms with Crippen molar-refractivity contribution in [2.75, 3.05) is 13.1 Å². The maximum atomic E-state index is 12.4. The van der Waals surface area contributed by atoms with E-state index in [-0.39, 0.29) is 23.9 Å². The van der Waals surface area contributed by atoms with Crippen LogP contribution in [-0.2, 0) is 11.2 Å². The van der Waals surface area contributed by atoms with Gasteiger partial charge in [-0.2, -0.15) is 0 Å². The molecule has 0 radical (unpaired) electrons. The maximum absolute atomic E-state index is 12.4. The van der Waals surface area contributed by atoms with Gasteiger partial charge in [0.1, 0.15) is 5.82 Å². The van der Waals surface area contributed by atoms with E-state index in [1.807, 2.05) is 0 Å². The molecule has 2 atom stereocenters. The van der Waals surface area contributed by atoms with Gasteiger partial charge in [0.05, 0.1) is 6.42 Å². The van der Waals surface area contributed by atoms with Crippen LogP contribution >= 0.6 is 0 Å². The lowest BCUT2D eigenvalue weighted by atomic mass is 9.94. The summed E-state index contributed by atoms with van der Waals surface area (Å²) in [5.41, 5.74) is 1.49. The number of aromatic amines is 1. The molecule has 1 aliphatic rings. The number of pyridine rings is 1. The molecule has 0 aromatic carbocycles. The molecule has 2 unspecified atom stereocenters. The molecular formula is C18H23N5O2. The van der Waals surface area contributed by atoms with Crippen molar-refractivity contribution in [1.82, 2.24) is 25.6 Å². The summed E-state index contributed by atoms with van der Waals surface area (Å²) >= 11 is 0. The van der Waals surface area contributed by atoms with Gasteiger partial charge >= 0.3 is 0 Å². The van der Waals surface area contributed by atoms with Crippen molar-refractivity contribution in [1.29, 1.82) is 0 Å². The molecule has 1 saturated heterocycles. The third kappa shape index (κ3) is 4.11. The van der Waals surface area contributed by atoms with Gasteiger partial charge in [0.15, 0.2) is 0 Å². The van der Waals surface area contributed by atoms with Crippen LogP contribution in [-0.4, -0.2) is 40.0 Å².